The van der Waals surface area contributed by atoms with Crippen molar-refractivity contribution in [2.75, 3.05) is 24.6 Å². The maximum atomic E-state index is 13.5. The van der Waals surface area contributed by atoms with Crippen LogP contribution in [-0.2, 0) is 8.85 Å². The topological polar surface area (TPSA) is 63.7 Å². The molecule has 1 atom stereocenters. The molecule has 0 aliphatic carbocycles. The van der Waals surface area contributed by atoms with Crippen LogP contribution in [0.1, 0.15) is 59.0 Å². The molecule has 1 fully saturated rings. The first kappa shape index (κ1) is 36.9. The minimum Gasteiger partial charge on any atom is -0.405 e. The van der Waals surface area contributed by atoms with Gasteiger partial charge in [0.05, 0.1) is 12.7 Å². The van der Waals surface area contributed by atoms with E-state index in [0.717, 1.165) is 18.2 Å². The molecule has 1 amide bonds. The summed E-state index contributed by atoms with van der Waals surface area (Å²) in [6.07, 6.45) is 0.0659. The fourth-order valence-corrected chi connectivity index (χ4v) is 17.6. The lowest BCUT2D eigenvalue weighted by Gasteiger charge is -2.49. The number of thiazole rings is 1. The third kappa shape index (κ3) is 7.41. The zero-order valence-electron chi connectivity index (χ0n) is 30.9. The van der Waals surface area contributed by atoms with E-state index < -0.39 is 16.6 Å². The fourth-order valence-electron chi connectivity index (χ4n) is 7.47. The Labute approximate surface area is 310 Å². The van der Waals surface area contributed by atoms with Crippen molar-refractivity contribution in [1.82, 2.24) is 10.3 Å². The van der Waals surface area contributed by atoms with Crippen LogP contribution in [0.5, 0.6) is 0 Å². The fraction of sp³-hybridized carbons (Fsp3) is 0.333. The Bertz CT molecular complexity index is 1790. The Balaban J connectivity index is 1.12. The molecule has 4 aromatic carbocycles. The summed E-state index contributed by atoms with van der Waals surface area (Å²) < 4.78 is 14.4. The van der Waals surface area contributed by atoms with Crippen LogP contribution in [0, 0.1) is 0 Å². The van der Waals surface area contributed by atoms with E-state index in [1.807, 2.05) is 24.4 Å². The van der Waals surface area contributed by atoms with E-state index in [0.29, 0.717) is 12.3 Å². The Kier molecular flexibility index (Phi) is 10.9. The zero-order chi connectivity index (χ0) is 36.3. The number of hydrogen-bond acceptors (Lipinski definition) is 6. The van der Waals surface area contributed by atoms with Crippen molar-refractivity contribution in [3.63, 3.8) is 0 Å². The Morgan fingerprint density at radius 3 is 1.57 bits per heavy atom. The molecule has 1 aliphatic heterocycles. The van der Waals surface area contributed by atoms with Crippen LogP contribution in [0.2, 0.25) is 10.1 Å². The van der Waals surface area contributed by atoms with Gasteiger partial charge in [0.2, 0.25) is 0 Å². The van der Waals surface area contributed by atoms with Crippen LogP contribution in [0.3, 0.4) is 0 Å². The predicted molar refractivity (Wildman–Crippen MR) is 217 cm³/mol. The summed E-state index contributed by atoms with van der Waals surface area (Å²) in [5.41, 5.74) is 0.434. The molecule has 6 rings (SSSR count). The van der Waals surface area contributed by atoms with E-state index in [1.165, 1.54) is 32.1 Å². The van der Waals surface area contributed by atoms with Gasteiger partial charge in [-0.15, -0.1) is 11.3 Å². The number of rotatable bonds is 12. The molecule has 9 heteroatoms. The monoisotopic (exact) mass is 733 g/mol. The number of amides is 1. The third-order valence-corrected chi connectivity index (χ3v) is 20.9. The number of aromatic nitrogens is 1. The highest BCUT2D eigenvalue weighted by Gasteiger charge is 2.53. The number of hydrogen-bond donors (Lipinski definition) is 1. The normalized spacial score (nSPS) is 14.9. The summed E-state index contributed by atoms with van der Waals surface area (Å²) in [6, 6.07) is 42.5. The van der Waals surface area contributed by atoms with Crippen LogP contribution in [0.4, 0.5) is 5.13 Å². The second-order valence-electron chi connectivity index (χ2n) is 15.7. The second-order valence-corrected chi connectivity index (χ2v) is 25.1. The van der Waals surface area contributed by atoms with Gasteiger partial charge in [0, 0.05) is 24.5 Å². The highest BCUT2D eigenvalue weighted by atomic mass is 32.1. The van der Waals surface area contributed by atoms with E-state index >= 15 is 0 Å². The van der Waals surface area contributed by atoms with Crippen LogP contribution in [-0.4, -0.2) is 59.4 Å². The van der Waals surface area contributed by atoms with Crippen molar-refractivity contribution < 1.29 is 13.6 Å². The largest absolute Gasteiger partial charge is 0.405 e. The predicted octanol–water partition coefficient (Wildman–Crippen LogP) is 6.60. The molecule has 0 saturated carbocycles. The Morgan fingerprint density at radius 1 is 0.745 bits per heavy atom. The molecule has 266 valence electrons. The number of carbonyl (C=O) groups is 1. The SMILES string of the molecule is C[C@@H](CO[Si](c1ccccc1)(c1ccccc1)C(C)(C)C)NC(=O)c1csc(N2CC(O[Si](c3ccccc3)(c3ccccc3)C(C)(C)C)C2)n1. The first-order valence-corrected chi connectivity index (χ1v) is 22.6. The lowest BCUT2D eigenvalue weighted by atomic mass is 10.2. The van der Waals surface area contributed by atoms with Gasteiger partial charge in [-0.3, -0.25) is 4.79 Å². The summed E-state index contributed by atoms with van der Waals surface area (Å²) in [5, 5.41) is 10.7. The molecule has 0 bridgehead atoms. The standard InChI is InChI=1S/C42H51N3O3SSi2/c1-32(30-47-50(41(2,3)4,34-20-12-8-13-21-34)35-22-14-9-15-23-35)43-39(46)38-31-49-40(44-38)45-28-33(29-45)48-51(42(5,6)7,36-24-16-10-17-25-36)37-26-18-11-19-27-37/h8-27,31-33H,28-30H2,1-7H3,(H,43,46)/t32-/m0/s1. The maximum Gasteiger partial charge on any atom is 0.271 e. The van der Waals surface area contributed by atoms with Crippen molar-refractivity contribution in [3.8, 4) is 0 Å². The first-order chi connectivity index (χ1) is 24.3. The number of carbonyl (C=O) groups excluding carboxylic acids is 1. The quantitative estimate of drug-likeness (QED) is 0.147. The van der Waals surface area contributed by atoms with E-state index in [-0.39, 0.29) is 28.1 Å². The molecule has 6 nitrogen and oxygen atoms in total. The van der Waals surface area contributed by atoms with Gasteiger partial charge in [-0.25, -0.2) is 4.98 Å². The van der Waals surface area contributed by atoms with Crippen molar-refractivity contribution in [2.24, 2.45) is 0 Å². The number of nitrogens with one attached hydrogen (secondary N) is 1. The summed E-state index contributed by atoms with van der Waals surface area (Å²) >= 11 is 1.51. The van der Waals surface area contributed by atoms with Crippen LogP contribution in [0.25, 0.3) is 0 Å². The highest BCUT2D eigenvalue weighted by molar-refractivity contribution is 7.14. The number of anilines is 1. The summed E-state index contributed by atoms with van der Waals surface area (Å²) in [5.74, 6) is -0.184. The van der Waals surface area contributed by atoms with E-state index in [1.54, 1.807) is 0 Å². The molecule has 0 spiro atoms. The Morgan fingerprint density at radius 2 is 1.16 bits per heavy atom. The van der Waals surface area contributed by atoms with E-state index in [9.17, 15) is 4.79 Å². The molecule has 5 aromatic rings. The maximum absolute atomic E-state index is 13.5. The minimum absolute atomic E-state index is 0.0659. The smallest absolute Gasteiger partial charge is 0.271 e. The summed E-state index contributed by atoms with van der Waals surface area (Å²) in [6.45, 7) is 17.6. The van der Waals surface area contributed by atoms with Gasteiger partial charge < -0.3 is 19.1 Å². The molecule has 1 saturated heterocycles. The lowest BCUT2D eigenvalue weighted by molar-refractivity contribution is 0.0920. The molecular formula is C42H51N3O3SSi2. The highest BCUT2D eigenvalue weighted by Crippen LogP contribution is 2.40. The molecule has 51 heavy (non-hydrogen) atoms. The molecule has 0 unspecified atom stereocenters. The summed E-state index contributed by atoms with van der Waals surface area (Å²) in [7, 11) is -5.35. The number of benzene rings is 4. The lowest BCUT2D eigenvalue weighted by Crippen LogP contribution is -2.70. The van der Waals surface area contributed by atoms with Crippen LogP contribution >= 0.6 is 11.3 Å². The number of nitrogens with zero attached hydrogens (tertiary/aromatic N) is 2. The van der Waals surface area contributed by atoms with Crippen molar-refractivity contribution in [3.05, 3.63) is 132 Å². The van der Waals surface area contributed by atoms with E-state index in [2.05, 4.69) is 161 Å². The average molecular weight is 734 g/mol. The van der Waals surface area contributed by atoms with Crippen LogP contribution in [0.15, 0.2) is 127 Å². The molecule has 0 radical (unpaired) electrons. The van der Waals surface area contributed by atoms with Crippen molar-refractivity contribution >= 4 is 59.8 Å². The second kappa shape index (κ2) is 15.0. The van der Waals surface area contributed by atoms with Gasteiger partial charge in [0.15, 0.2) is 5.13 Å². The van der Waals surface area contributed by atoms with Gasteiger partial charge in [0.25, 0.3) is 22.5 Å². The first-order valence-electron chi connectivity index (χ1n) is 17.9. The van der Waals surface area contributed by atoms with Crippen molar-refractivity contribution in [2.45, 2.75) is 70.7 Å². The van der Waals surface area contributed by atoms with Crippen molar-refractivity contribution in [1.29, 1.82) is 0 Å². The molecule has 1 aromatic heterocycles. The zero-order valence-corrected chi connectivity index (χ0v) is 33.7. The van der Waals surface area contributed by atoms with Gasteiger partial charge in [-0.05, 0) is 37.7 Å². The van der Waals surface area contributed by atoms with Crippen LogP contribution < -0.4 is 31.0 Å². The van der Waals surface area contributed by atoms with Gasteiger partial charge in [-0.1, -0.05) is 163 Å². The molecule has 1 aliphatic rings. The molecule has 2 heterocycles. The summed E-state index contributed by atoms with van der Waals surface area (Å²) in [4.78, 5) is 20.5. The minimum atomic E-state index is -2.71. The van der Waals surface area contributed by atoms with Gasteiger partial charge >= 0.3 is 0 Å². The van der Waals surface area contributed by atoms with Gasteiger partial charge in [0.1, 0.15) is 5.69 Å². The third-order valence-electron chi connectivity index (χ3n) is 9.95. The van der Waals surface area contributed by atoms with Gasteiger partial charge in [-0.2, -0.15) is 0 Å². The molecule has 1 N–H and O–H groups in total. The Hall–Kier alpha value is -3.87. The molecular weight excluding hydrogens is 683 g/mol. The average Bonchev–Trinajstić information content (AvgIpc) is 3.59. The van der Waals surface area contributed by atoms with E-state index in [4.69, 9.17) is 13.8 Å².